The molecule has 1 aliphatic heterocycles. The molecule has 1 aromatic heterocycles. The van der Waals surface area contributed by atoms with Crippen molar-refractivity contribution in [2.45, 2.75) is 26.7 Å². The maximum Gasteiger partial charge on any atom is 0.323 e. The van der Waals surface area contributed by atoms with Crippen LogP contribution in [0.25, 0.3) is 0 Å². The summed E-state index contributed by atoms with van der Waals surface area (Å²) < 4.78 is 5.25. The summed E-state index contributed by atoms with van der Waals surface area (Å²) in [5.41, 5.74) is 5.64. The van der Waals surface area contributed by atoms with Gasteiger partial charge in [-0.3, -0.25) is 0 Å². The van der Waals surface area contributed by atoms with Crippen LogP contribution in [0.4, 0.5) is 11.9 Å². The summed E-state index contributed by atoms with van der Waals surface area (Å²) in [5, 5.41) is 3.21. The van der Waals surface area contributed by atoms with Crippen LogP contribution in [0.1, 0.15) is 26.7 Å². The molecule has 20 heavy (non-hydrogen) atoms. The third-order valence-corrected chi connectivity index (χ3v) is 3.28. The van der Waals surface area contributed by atoms with E-state index in [4.69, 9.17) is 10.5 Å². The molecule has 1 aromatic rings. The highest BCUT2D eigenvalue weighted by Crippen LogP contribution is 2.12. The molecule has 1 atom stereocenters. The van der Waals surface area contributed by atoms with Crippen LogP contribution in [-0.4, -0.2) is 52.6 Å². The van der Waals surface area contributed by atoms with Crippen molar-refractivity contribution in [2.75, 3.05) is 43.8 Å². The smallest absolute Gasteiger partial charge is 0.323 e. The van der Waals surface area contributed by atoms with Gasteiger partial charge in [0.2, 0.25) is 11.9 Å². The number of nitrogens with two attached hydrogens (primary N) is 1. The number of nitrogens with one attached hydrogen (secondary N) is 1. The molecule has 0 amide bonds. The van der Waals surface area contributed by atoms with Gasteiger partial charge in [-0.1, -0.05) is 6.92 Å². The molecule has 1 fully saturated rings. The second-order valence-electron chi connectivity index (χ2n) is 5.23. The van der Waals surface area contributed by atoms with E-state index in [9.17, 15) is 0 Å². The van der Waals surface area contributed by atoms with E-state index in [0.29, 0.717) is 18.5 Å². The van der Waals surface area contributed by atoms with Crippen LogP contribution in [0.5, 0.6) is 6.01 Å². The fourth-order valence-electron chi connectivity index (χ4n) is 2.38. The normalized spacial score (nSPS) is 17.1. The molecule has 2 heterocycles. The lowest BCUT2D eigenvalue weighted by Gasteiger charge is -2.20. The molecule has 1 saturated heterocycles. The van der Waals surface area contributed by atoms with Gasteiger partial charge >= 0.3 is 6.01 Å². The molecule has 3 N–H and O–H groups in total. The molecule has 1 unspecified atom stereocenters. The van der Waals surface area contributed by atoms with Crippen molar-refractivity contribution >= 4 is 11.9 Å². The summed E-state index contributed by atoms with van der Waals surface area (Å²) >= 11 is 0. The first-order valence-electron chi connectivity index (χ1n) is 7.28. The monoisotopic (exact) mass is 280 g/mol. The van der Waals surface area contributed by atoms with E-state index in [1.165, 1.54) is 25.9 Å². The first kappa shape index (κ1) is 14.8. The van der Waals surface area contributed by atoms with E-state index in [1.54, 1.807) is 0 Å². The Hall–Kier alpha value is -1.63. The highest BCUT2D eigenvalue weighted by molar-refractivity contribution is 5.32. The van der Waals surface area contributed by atoms with Crippen molar-refractivity contribution in [3.8, 4) is 6.01 Å². The fourth-order valence-corrected chi connectivity index (χ4v) is 2.38. The zero-order chi connectivity index (χ0) is 14.4. The molecule has 7 nitrogen and oxygen atoms in total. The van der Waals surface area contributed by atoms with E-state index < -0.39 is 0 Å². The van der Waals surface area contributed by atoms with Crippen LogP contribution in [0.3, 0.4) is 0 Å². The number of nitrogen functional groups attached to an aromatic ring is 1. The first-order chi connectivity index (χ1) is 9.67. The lowest BCUT2D eigenvalue weighted by Crippen LogP contribution is -2.29. The Morgan fingerprint density at radius 1 is 1.30 bits per heavy atom. The summed E-state index contributed by atoms with van der Waals surface area (Å²) in [5.74, 6) is 1.19. The van der Waals surface area contributed by atoms with Crippen LogP contribution < -0.4 is 15.8 Å². The van der Waals surface area contributed by atoms with E-state index in [0.717, 1.165) is 13.1 Å². The molecule has 0 bridgehead atoms. The Kier molecular flexibility index (Phi) is 5.34. The van der Waals surface area contributed by atoms with Gasteiger partial charge in [-0.2, -0.15) is 15.0 Å². The minimum Gasteiger partial charge on any atom is -0.464 e. The molecule has 0 spiro atoms. The van der Waals surface area contributed by atoms with Gasteiger partial charge in [-0.25, -0.2) is 0 Å². The summed E-state index contributed by atoms with van der Waals surface area (Å²) in [6.45, 7) is 8.96. The van der Waals surface area contributed by atoms with Crippen LogP contribution >= 0.6 is 0 Å². The third kappa shape index (κ3) is 4.48. The molecule has 0 radical (unpaired) electrons. The molecule has 1 aliphatic rings. The van der Waals surface area contributed by atoms with Gasteiger partial charge in [0.1, 0.15) is 0 Å². The van der Waals surface area contributed by atoms with Gasteiger partial charge in [0, 0.05) is 13.1 Å². The molecule has 2 rings (SSSR count). The number of likely N-dealkylation sites (tertiary alicyclic amines) is 1. The molecular weight excluding hydrogens is 256 g/mol. The fraction of sp³-hybridized carbons (Fsp3) is 0.769. The van der Waals surface area contributed by atoms with Gasteiger partial charge in [-0.15, -0.1) is 0 Å². The number of hydrogen-bond acceptors (Lipinski definition) is 7. The summed E-state index contributed by atoms with van der Waals surface area (Å²) in [6, 6.07) is 0.273. The maximum atomic E-state index is 5.64. The summed E-state index contributed by atoms with van der Waals surface area (Å²) in [4.78, 5) is 14.7. The van der Waals surface area contributed by atoms with Crippen LogP contribution in [0.2, 0.25) is 0 Å². The Bertz CT molecular complexity index is 421. The SMILES string of the molecule is CCOc1nc(N)nc(NCC(C)CN2CCCC2)n1. The number of hydrogen-bond donors (Lipinski definition) is 2. The van der Waals surface area contributed by atoms with Crippen LogP contribution in [0.15, 0.2) is 0 Å². The van der Waals surface area contributed by atoms with Crippen molar-refractivity contribution in [3.63, 3.8) is 0 Å². The Morgan fingerprint density at radius 3 is 2.75 bits per heavy atom. The van der Waals surface area contributed by atoms with E-state index >= 15 is 0 Å². The average Bonchev–Trinajstić information content (AvgIpc) is 2.89. The quantitative estimate of drug-likeness (QED) is 0.770. The van der Waals surface area contributed by atoms with E-state index in [2.05, 4.69) is 32.1 Å². The maximum absolute atomic E-state index is 5.64. The third-order valence-electron chi connectivity index (χ3n) is 3.28. The van der Waals surface area contributed by atoms with Gasteiger partial charge in [0.25, 0.3) is 0 Å². The van der Waals surface area contributed by atoms with E-state index in [-0.39, 0.29) is 12.0 Å². The zero-order valence-electron chi connectivity index (χ0n) is 12.3. The molecule has 0 saturated carbocycles. The standard InChI is InChI=1S/C13H24N6O/c1-3-20-13-17-11(14)16-12(18-13)15-8-10(2)9-19-6-4-5-7-19/h10H,3-9H2,1-2H3,(H3,14,15,16,17,18). The van der Waals surface area contributed by atoms with Gasteiger partial charge in [0.15, 0.2) is 0 Å². The minimum absolute atomic E-state index is 0.179. The highest BCUT2D eigenvalue weighted by Gasteiger charge is 2.15. The lowest BCUT2D eigenvalue weighted by molar-refractivity contribution is 0.293. The van der Waals surface area contributed by atoms with Crippen molar-refractivity contribution in [3.05, 3.63) is 0 Å². The molecule has 112 valence electrons. The van der Waals surface area contributed by atoms with Crippen molar-refractivity contribution in [2.24, 2.45) is 5.92 Å². The Labute approximate surface area is 119 Å². The van der Waals surface area contributed by atoms with Gasteiger partial charge < -0.3 is 20.7 Å². The molecule has 7 heteroatoms. The Balaban J connectivity index is 1.82. The number of nitrogens with zero attached hydrogens (tertiary/aromatic N) is 4. The second-order valence-corrected chi connectivity index (χ2v) is 5.23. The Morgan fingerprint density at radius 2 is 2.05 bits per heavy atom. The largest absolute Gasteiger partial charge is 0.464 e. The number of ether oxygens (including phenoxy) is 1. The molecule has 0 aromatic carbocycles. The highest BCUT2D eigenvalue weighted by atomic mass is 16.5. The summed E-state index contributed by atoms with van der Waals surface area (Å²) in [6.07, 6.45) is 2.64. The summed E-state index contributed by atoms with van der Waals surface area (Å²) in [7, 11) is 0. The number of rotatable bonds is 7. The van der Waals surface area contributed by atoms with E-state index in [1.807, 2.05) is 6.92 Å². The predicted molar refractivity (Wildman–Crippen MR) is 78.7 cm³/mol. The first-order valence-corrected chi connectivity index (χ1v) is 7.28. The number of aromatic nitrogens is 3. The second kappa shape index (κ2) is 7.23. The topological polar surface area (TPSA) is 89.2 Å². The molecule has 0 aliphatic carbocycles. The van der Waals surface area contributed by atoms with Crippen molar-refractivity contribution in [1.82, 2.24) is 19.9 Å². The average molecular weight is 280 g/mol. The van der Waals surface area contributed by atoms with Gasteiger partial charge in [0.05, 0.1) is 6.61 Å². The minimum atomic E-state index is 0.179. The van der Waals surface area contributed by atoms with Crippen molar-refractivity contribution in [1.29, 1.82) is 0 Å². The van der Waals surface area contributed by atoms with Crippen LogP contribution in [0, 0.1) is 5.92 Å². The lowest BCUT2D eigenvalue weighted by atomic mass is 10.1. The number of anilines is 2. The van der Waals surface area contributed by atoms with Crippen LogP contribution in [-0.2, 0) is 0 Å². The van der Waals surface area contributed by atoms with Crippen molar-refractivity contribution < 1.29 is 4.74 Å². The zero-order valence-corrected chi connectivity index (χ0v) is 12.3. The predicted octanol–water partition coefficient (Wildman–Crippen LogP) is 0.996. The molecular formula is C13H24N6O. The van der Waals surface area contributed by atoms with Gasteiger partial charge in [-0.05, 0) is 38.8 Å².